The standard InChI is InChI=1S/C23H30N2O5/c1-4-28-21-13-17(10-11-20(21)30-15-22(26)29-5-2)12-18(14-24)23(27)25-19-9-7-6-8-16(19)3/h10-13,16,19H,4-9,15H2,1-3H3,(H,25,27)/b18-12+/t16-,19-/m1/s1. The largest absolute Gasteiger partial charge is 0.490 e. The molecular formula is C23H30N2O5. The van der Waals surface area contributed by atoms with Crippen molar-refractivity contribution in [3.63, 3.8) is 0 Å². The van der Waals surface area contributed by atoms with Gasteiger partial charge in [-0.25, -0.2) is 4.79 Å². The highest BCUT2D eigenvalue weighted by Gasteiger charge is 2.24. The Morgan fingerprint density at radius 3 is 2.60 bits per heavy atom. The van der Waals surface area contributed by atoms with Crippen LogP contribution in [-0.4, -0.2) is 37.7 Å². The number of nitrogens with one attached hydrogen (secondary N) is 1. The van der Waals surface area contributed by atoms with Crippen LogP contribution in [0.2, 0.25) is 0 Å². The first kappa shape index (κ1) is 23.3. The molecule has 30 heavy (non-hydrogen) atoms. The van der Waals surface area contributed by atoms with Crippen molar-refractivity contribution in [1.82, 2.24) is 5.32 Å². The van der Waals surface area contributed by atoms with E-state index in [0.717, 1.165) is 19.3 Å². The van der Waals surface area contributed by atoms with Crippen LogP contribution in [0, 0.1) is 17.2 Å². The first-order chi connectivity index (χ1) is 14.5. The normalized spacial score (nSPS) is 18.8. The van der Waals surface area contributed by atoms with Gasteiger partial charge in [0.1, 0.15) is 11.6 Å². The summed E-state index contributed by atoms with van der Waals surface area (Å²) in [6.45, 7) is 6.13. The van der Waals surface area contributed by atoms with Crippen molar-refractivity contribution >= 4 is 18.0 Å². The van der Waals surface area contributed by atoms with Crippen LogP contribution in [0.5, 0.6) is 11.5 Å². The Balaban J connectivity index is 2.14. The molecule has 1 saturated carbocycles. The van der Waals surface area contributed by atoms with E-state index in [1.165, 1.54) is 12.5 Å². The SMILES string of the molecule is CCOC(=O)COc1ccc(/C=C(\C#N)C(=O)N[C@@H]2CCCC[C@H]2C)cc1OCC. The highest BCUT2D eigenvalue weighted by atomic mass is 16.6. The Kier molecular flexibility index (Phi) is 9.20. The minimum Gasteiger partial charge on any atom is -0.490 e. The summed E-state index contributed by atoms with van der Waals surface area (Å²) < 4.78 is 15.9. The summed E-state index contributed by atoms with van der Waals surface area (Å²) in [6.07, 6.45) is 5.82. The van der Waals surface area contributed by atoms with Gasteiger partial charge in [-0.2, -0.15) is 5.26 Å². The number of amides is 1. The second-order valence-corrected chi connectivity index (χ2v) is 7.24. The number of carbonyl (C=O) groups excluding carboxylic acids is 2. The summed E-state index contributed by atoms with van der Waals surface area (Å²) in [4.78, 5) is 24.1. The van der Waals surface area contributed by atoms with Crippen LogP contribution >= 0.6 is 0 Å². The molecule has 2 rings (SSSR count). The van der Waals surface area contributed by atoms with Gasteiger partial charge < -0.3 is 19.5 Å². The lowest BCUT2D eigenvalue weighted by molar-refractivity contribution is -0.145. The maximum Gasteiger partial charge on any atom is 0.344 e. The minimum atomic E-state index is -0.468. The van der Waals surface area contributed by atoms with Crippen LogP contribution in [0.25, 0.3) is 6.08 Å². The van der Waals surface area contributed by atoms with Crippen LogP contribution < -0.4 is 14.8 Å². The van der Waals surface area contributed by atoms with E-state index in [-0.39, 0.29) is 30.7 Å². The smallest absolute Gasteiger partial charge is 0.344 e. The van der Waals surface area contributed by atoms with Gasteiger partial charge >= 0.3 is 5.97 Å². The lowest BCUT2D eigenvalue weighted by Gasteiger charge is -2.29. The van der Waals surface area contributed by atoms with E-state index in [4.69, 9.17) is 14.2 Å². The van der Waals surface area contributed by atoms with E-state index < -0.39 is 5.97 Å². The molecular weight excluding hydrogens is 384 g/mol. The highest BCUT2D eigenvalue weighted by molar-refractivity contribution is 6.01. The zero-order chi connectivity index (χ0) is 21.9. The molecule has 0 spiro atoms. The maximum absolute atomic E-state index is 12.6. The molecule has 7 heteroatoms. The van der Waals surface area contributed by atoms with Crippen LogP contribution in [0.1, 0.15) is 52.0 Å². The molecule has 1 fully saturated rings. The van der Waals surface area contributed by atoms with Gasteiger partial charge in [-0.3, -0.25) is 4.79 Å². The number of rotatable bonds is 9. The van der Waals surface area contributed by atoms with Crippen molar-refractivity contribution < 1.29 is 23.8 Å². The van der Waals surface area contributed by atoms with E-state index in [1.54, 1.807) is 25.1 Å². The molecule has 0 unspecified atom stereocenters. The van der Waals surface area contributed by atoms with Crippen molar-refractivity contribution in [3.05, 3.63) is 29.3 Å². The molecule has 0 bridgehead atoms. The summed E-state index contributed by atoms with van der Waals surface area (Å²) in [5, 5.41) is 12.5. The van der Waals surface area contributed by atoms with Crippen molar-refractivity contribution in [2.75, 3.05) is 19.8 Å². The average molecular weight is 415 g/mol. The second kappa shape index (κ2) is 11.9. The van der Waals surface area contributed by atoms with Crippen molar-refractivity contribution in [1.29, 1.82) is 5.26 Å². The lowest BCUT2D eigenvalue weighted by atomic mass is 9.86. The molecule has 1 amide bonds. The fraction of sp³-hybridized carbons (Fsp3) is 0.522. The fourth-order valence-corrected chi connectivity index (χ4v) is 3.43. The first-order valence-electron chi connectivity index (χ1n) is 10.5. The molecule has 0 aromatic heterocycles. The molecule has 0 saturated heterocycles. The predicted molar refractivity (Wildman–Crippen MR) is 113 cm³/mol. The molecule has 0 heterocycles. The van der Waals surface area contributed by atoms with Crippen LogP contribution in [-0.2, 0) is 14.3 Å². The van der Waals surface area contributed by atoms with Crippen LogP contribution in [0.4, 0.5) is 0 Å². The molecule has 1 N–H and O–H groups in total. The summed E-state index contributed by atoms with van der Waals surface area (Å²) in [5.74, 6) is 0.388. The van der Waals surface area contributed by atoms with E-state index in [9.17, 15) is 14.9 Å². The molecule has 1 aliphatic rings. The van der Waals surface area contributed by atoms with Crippen molar-refractivity contribution in [2.45, 2.75) is 52.5 Å². The molecule has 162 valence electrons. The Morgan fingerprint density at radius 2 is 1.93 bits per heavy atom. The number of benzene rings is 1. The van der Waals surface area contributed by atoms with Gasteiger partial charge in [-0.15, -0.1) is 0 Å². The fourth-order valence-electron chi connectivity index (χ4n) is 3.43. The van der Waals surface area contributed by atoms with Crippen LogP contribution in [0.3, 0.4) is 0 Å². The van der Waals surface area contributed by atoms with Crippen molar-refractivity contribution in [2.24, 2.45) is 5.92 Å². The van der Waals surface area contributed by atoms with Gasteiger partial charge in [0.05, 0.1) is 13.2 Å². The Hall–Kier alpha value is -3.01. The quantitative estimate of drug-likeness (QED) is 0.376. The number of hydrogen-bond donors (Lipinski definition) is 1. The first-order valence-corrected chi connectivity index (χ1v) is 10.5. The van der Waals surface area contributed by atoms with E-state index in [0.29, 0.717) is 29.6 Å². The second-order valence-electron chi connectivity index (χ2n) is 7.24. The third-order valence-corrected chi connectivity index (χ3v) is 5.02. The lowest BCUT2D eigenvalue weighted by Crippen LogP contribution is -2.41. The average Bonchev–Trinajstić information content (AvgIpc) is 2.73. The number of nitriles is 1. The number of nitrogens with zero attached hydrogens (tertiary/aromatic N) is 1. The number of ether oxygens (including phenoxy) is 3. The van der Waals surface area contributed by atoms with Crippen LogP contribution in [0.15, 0.2) is 23.8 Å². The zero-order valence-electron chi connectivity index (χ0n) is 17.9. The van der Waals surface area contributed by atoms with Gasteiger partial charge in [-0.05, 0) is 56.4 Å². The Morgan fingerprint density at radius 1 is 1.17 bits per heavy atom. The van der Waals surface area contributed by atoms with Gasteiger partial charge in [0.15, 0.2) is 18.1 Å². The molecule has 1 aromatic carbocycles. The van der Waals surface area contributed by atoms with E-state index in [2.05, 4.69) is 12.2 Å². The third kappa shape index (κ3) is 6.80. The monoisotopic (exact) mass is 414 g/mol. The Bertz CT molecular complexity index is 812. The van der Waals surface area contributed by atoms with Gasteiger partial charge in [0, 0.05) is 6.04 Å². The zero-order valence-corrected chi connectivity index (χ0v) is 17.9. The summed E-state index contributed by atoms with van der Waals surface area (Å²) in [5.41, 5.74) is 0.667. The summed E-state index contributed by atoms with van der Waals surface area (Å²) in [7, 11) is 0. The summed E-state index contributed by atoms with van der Waals surface area (Å²) in [6, 6.07) is 7.12. The van der Waals surface area contributed by atoms with Gasteiger partial charge in [0.25, 0.3) is 5.91 Å². The third-order valence-electron chi connectivity index (χ3n) is 5.02. The molecule has 0 radical (unpaired) electrons. The molecule has 2 atom stereocenters. The molecule has 0 aliphatic heterocycles. The minimum absolute atomic E-state index is 0.0374. The number of hydrogen-bond acceptors (Lipinski definition) is 6. The molecule has 7 nitrogen and oxygen atoms in total. The number of esters is 1. The highest BCUT2D eigenvalue weighted by Crippen LogP contribution is 2.30. The molecule has 1 aliphatic carbocycles. The van der Waals surface area contributed by atoms with Crippen molar-refractivity contribution in [3.8, 4) is 17.6 Å². The predicted octanol–water partition coefficient (Wildman–Crippen LogP) is 3.63. The van der Waals surface area contributed by atoms with E-state index in [1.807, 2.05) is 13.0 Å². The van der Waals surface area contributed by atoms with Gasteiger partial charge in [0.2, 0.25) is 0 Å². The molecule has 1 aromatic rings. The summed E-state index contributed by atoms with van der Waals surface area (Å²) >= 11 is 0. The topological polar surface area (TPSA) is 97.7 Å². The number of carbonyl (C=O) groups is 2. The van der Waals surface area contributed by atoms with Gasteiger partial charge in [-0.1, -0.05) is 25.8 Å². The maximum atomic E-state index is 12.6. The Labute approximate surface area is 178 Å². The van der Waals surface area contributed by atoms with E-state index >= 15 is 0 Å².